The molecule has 1 saturated carbocycles. The van der Waals surface area contributed by atoms with Gasteiger partial charge in [-0.15, -0.1) is 0 Å². The zero-order valence-corrected chi connectivity index (χ0v) is 20.1. The number of ketones is 1. The van der Waals surface area contributed by atoms with Gasteiger partial charge in [-0.05, 0) is 49.9 Å². The molecule has 0 aromatic heterocycles. The molecule has 0 saturated heterocycles. The standard InChI is InChI=1S/C26H33N3O5/c1-18(31)22-15-24(33-2)25(34-3)16-23(22)27-26(32)14-11-19-9-12-21(13-10-19)29(17-30)28-20-7-5-4-6-8-20/h9-10,12-13,15-17,20,28H,4-8,11,14H2,1-3H3,(H,27,32). The molecule has 0 atom stereocenters. The van der Waals surface area contributed by atoms with Crippen LogP contribution in [0.15, 0.2) is 36.4 Å². The molecule has 0 bridgehead atoms. The summed E-state index contributed by atoms with van der Waals surface area (Å²) in [7, 11) is 2.99. The van der Waals surface area contributed by atoms with E-state index in [1.54, 1.807) is 12.1 Å². The molecule has 1 aliphatic rings. The molecule has 1 fully saturated rings. The fraction of sp³-hybridized carbons (Fsp3) is 0.423. The van der Waals surface area contributed by atoms with Crippen LogP contribution in [0.1, 0.15) is 61.4 Å². The molecule has 0 aliphatic heterocycles. The van der Waals surface area contributed by atoms with Crippen molar-refractivity contribution < 1.29 is 23.9 Å². The van der Waals surface area contributed by atoms with Crippen LogP contribution in [0.25, 0.3) is 0 Å². The average Bonchev–Trinajstić information content (AvgIpc) is 2.86. The van der Waals surface area contributed by atoms with Crippen molar-refractivity contribution in [2.75, 3.05) is 24.5 Å². The van der Waals surface area contributed by atoms with Crippen molar-refractivity contribution >= 4 is 29.5 Å². The number of amides is 2. The second kappa shape index (κ2) is 12.2. The van der Waals surface area contributed by atoms with Gasteiger partial charge in [-0.1, -0.05) is 31.4 Å². The van der Waals surface area contributed by atoms with E-state index >= 15 is 0 Å². The van der Waals surface area contributed by atoms with Crippen molar-refractivity contribution in [1.29, 1.82) is 0 Å². The predicted octanol–water partition coefficient (Wildman–Crippen LogP) is 4.28. The summed E-state index contributed by atoms with van der Waals surface area (Å²) in [6.45, 7) is 1.43. The number of benzene rings is 2. The summed E-state index contributed by atoms with van der Waals surface area (Å²) in [5.74, 6) is 0.453. The molecule has 2 aromatic rings. The zero-order valence-electron chi connectivity index (χ0n) is 20.1. The third kappa shape index (κ3) is 6.57. The lowest BCUT2D eigenvalue weighted by Gasteiger charge is -2.28. The lowest BCUT2D eigenvalue weighted by molar-refractivity contribution is -0.116. The number of aryl methyl sites for hydroxylation is 1. The van der Waals surface area contributed by atoms with Crippen LogP contribution in [-0.4, -0.2) is 38.4 Å². The van der Waals surface area contributed by atoms with Gasteiger partial charge >= 0.3 is 0 Å². The number of nitrogens with zero attached hydrogens (tertiary/aromatic N) is 1. The molecule has 0 radical (unpaired) electrons. The number of hydrogen-bond acceptors (Lipinski definition) is 6. The molecule has 0 unspecified atom stereocenters. The number of nitrogens with one attached hydrogen (secondary N) is 2. The Bertz CT molecular complexity index is 1000. The number of ether oxygens (including phenoxy) is 2. The molecule has 2 N–H and O–H groups in total. The number of carbonyl (C=O) groups is 3. The summed E-state index contributed by atoms with van der Waals surface area (Å²) in [5.41, 5.74) is 5.79. The first kappa shape index (κ1) is 25.2. The summed E-state index contributed by atoms with van der Waals surface area (Å²) in [4.78, 5) is 36.2. The van der Waals surface area contributed by atoms with Crippen molar-refractivity contribution in [3.05, 3.63) is 47.5 Å². The molecule has 8 heteroatoms. The third-order valence-electron chi connectivity index (χ3n) is 6.06. The van der Waals surface area contributed by atoms with E-state index in [0.29, 0.717) is 35.2 Å². The summed E-state index contributed by atoms with van der Waals surface area (Å²) in [6.07, 6.45) is 7.32. The van der Waals surface area contributed by atoms with Gasteiger partial charge in [0.15, 0.2) is 17.3 Å². The Morgan fingerprint density at radius 3 is 2.26 bits per heavy atom. The molecule has 3 rings (SSSR count). The summed E-state index contributed by atoms with van der Waals surface area (Å²) in [6, 6.07) is 11.1. The highest BCUT2D eigenvalue weighted by molar-refractivity contribution is 6.04. The Balaban J connectivity index is 1.59. The molecule has 2 aromatic carbocycles. The maximum absolute atomic E-state index is 12.6. The van der Waals surface area contributed by atoms with E-state index in [9.17, 15) is 14.4 Å². The van der Waals surface area contributed by atoms with Gasteiger partial charge in [0.05, 0.1) is 25.6 Å². The molecule has 182 valence electrons. The molecule has 2 amide bonds. The number of rotatable bonds is 11. The van der Waals surface area contributed by atoms with E-state index in [4.69, 9.17) is 9.47 Å². The number of carbonyl (C=O) groups excluding carboxylic acids is 3. The SMILES string of the molecule is COc1cc(NC(=O)CCc2ccc(N(C=O)NC3CCCCC3)cc2)c(C(C)=O)cc1OC. The lowest BCUT2D eigenvalue weighted by Crippen LogP contribution is -2.45. The van der Waals surface area contributed by atoms with Crippen LogP contribution >= 0.6 is 0 Å². The molecule has 0 heterocycles. The molecular formula is C26H33N3O5. The zero-order chi connectivity index (χ0) is 24.5. The van der Waals surface area contributed by atoms with Gasteiger partial charge in [0.1, 0.15) is 0 Å². The van der Waals surface area contributed by atoms with Crippen LogP contribution in [0.2, 0.25) is 0 Å². The Hall–Kier alpha value is -3.39. The Morgan fingerprint density at radius 2 is 1.68 bits per heavy atom. The highest BCUT2D eigenvalue weighted by atomic mass is 16.5. The van der Waals surface area contributed by atoms with E-state index in [1.807, 2.05) is 24.3 Å². The normalized spacial score (nSPS) is 13.7. The lowest BCUT2D eigenvalue weighted by atomic mass is 9.96. The first-order valence-electron chi connectivity index (χ1n) is 11.6. The first-order chi connectivity index (χ1) is 16.4. The van der Waals surface area contributed by atoms with Gasteiger partial charge < -0.3 is 14.8 Å². The van der Waals surface area contributed by atoms with E-state index in [1.165, 1.54) is 45.4 Å². The highest BCUT2D eigenvalue weighted by Gasteiger charge is 2.18. The maximum Gasteiger partial charge on any atom is 0.228 e. The Kier molecular flexibility index (Phi) is 9.04. The highest BCUT2D eigenvalue weighted by Crippen LogP contribution is 2.33. The summed E-state index contributed by atoms with van der Waals surface area (Å²) >= 11 is 0. The van der Waals surface area contributed by atoms with Crippen LogP contribution in [-0.2, 0) is 16.0 Å². The predicted molar refractivity (Wildman–Crippen MR) is 131 cm³/mol. The Labute approximate surface area is 200 Å². The quantitative estimate of drug-likeness (QED) is 0.291. The fourth-order valence-corrected chi connectivity index (χ4v) is 4.16. The minimum atomic E-state index is -0.215. The molecular weight excluding hydrogens is 434 g/mol. The van der Waals surface area contributed by atoms with Gasteiger partial charge in [-0.25, -0.2) is 10.4 Å². The maximum atomic E-state index is 12.6. The van der Waals surface area contributed by atoms with Crippen LogP contribution < -0.4 is 25.2 Å². The molecule has 34 heavy (non-hydrogen) atoms. The second-order valence-corrected chi connectivity index (χ2v) is 8.46. The van der Waals surface area contributed by atoms with Crippen LogP contribution in [0.3, 0.4) is 0 Å². The number of hydrazine groups is 1. The molecule has 1 aliphatic carbocycles. The van der Waals surface area contributed by atoms with Gasteiger partial charge in [0.2, 0.25) is 12.3 Å². The second-order valence-electron chi connectivity index (χ2n) is 8.46. The largest absolute Gasteiger partial charge is 0.493 e. The monoisotopic (exact) mass is 467 g/mol. The summed E-state index contributed by atoms with van der Waals surface area (Å²) < 4.78 is 10.5. The van der Waals surface area contributed by atoms with Gasteiger partial charge in [-0.3, -0.25) is 14.4 Å². The van der Waals surface area contributed by atoms with Gasteiger partial charge in [0, 0.05) is 24.1 Å². The van der Waals surface area contributed by atoms with Crippen LogP contribution in [0, 0.1) is 0 Å². The van der Waals surface area contributed by atoms with Crippen molar-refractivity contribution in [3.8, 4) is 11.5 Å². The van der Waals surface area contributed by atoms with Crippen molar-refractivity contribution in [2.45, 2.75) is 57.9 Å². The van der Waals surface area contributed by atoms with Crippen molar-refractivity contribution in [3.63, 3.8) is 0 Å². The van der Waals surface area contributed by atoms with Gasteiger partial charge in [0.25, 0.3) is 0 Å². The number of anilines is 2. The first-order valence-corrected chi connectivity index (χ1v) is 11.6. The number of hydrogen-bond donors (Lipinski definition) is 2. The van der Waals surface area contributed by atoms with E-state index in [2.05, 4.69) is 10.7 Å². The van der Waals surface area contributed by atoms with E-state index in [-0.39, 0.29) is 18.1 Å². The van der Waals surface area contributed by atoms with E-state index in [0.717, 1.165) is 30.5 Å². The smallest absolute Gasteiger partial charge is 0.228 e. The summed E-state index contributed by atoms with van der Waals surface area (Å²) in [5, 5.41) is 4.35. The number of methoxy groups -OCH3 is 2. The molecule has 8 nitrogen and oxygen atoms in total. The van der Waals surface area contributed by atoms with Gasteiger partial charge in [-0.2, -0.15) is 0 Å². The topological polar surface area (TPSA) is 97.0 Å². The number of Topliss-reactive ketones (excluding diaryl/α,β-unsaturated/α-hetero) is 1. The minimum Gasteiger partial charge on any atom is -0.493 e. The average molecular weight is 468 g/mol. The van der Waals surface area contributed by atoms with Crippen molar-refractivity contribution in [2.24, 2.45) is 0 Å². The Morgan fingerprint density at radius 1 is 1.03 bits per heavy atom. The molecule has 0 spiro atoms. The van der Waals surface area contributed by atoms with E-state index < -0.39 is 0 Å². The van der Waals surface area contributed by atoms with Crippen molar-refractivity contribution in [1.82, 2.24) is 5.43 Å². The fourth-order valence-electron chi connectivity index (χ4n) is 4.16. The van der Waals surface area contributed by atoms with Crippen LogP contribution in [0.5, 0.6) is 11.5 Å². The third-order valence-corrected chi connectivity index (χ3v) is 6.06. The minimum absolute atomic E-state index is 0.187. The van der Waals surface area contributed by atoms with Crippen LogP contribution in [0.4, 0.5) is 11.4 Å².